The van der Waals surface area contributed by atoms with E-state index >= 15 is 0 Å². The van der Waals surface area contributed by atoms with Crippen molar-refractivity contribution in [2.24, 2.45) is 0 Å². The van der Waals surface area contributed by atoms with Crippen molar-refractivity contribution >= 4 is 29.2 Å². The van der Waals surface area contributed by atoms with Crippen LogP contribution in [-0.2, 0) is 9.59 Å². The molecule has 1 aromatic carbocycles. The third-order valence-electron chi connectivity index (χ3n) is 1.27. The monoisotopic (exact) mass is 243 g/mol. The predicted octanol–water partition coefficient (Wildman–Crippen LogP) is 1.63. The van der Waals surface area contributed by atoms with Crippen LogP contribution < -0.4 is 5.73 Å². The van der Waals surface area contributed by atoms with Crippen LogP contribution in [0.25, 0.3) is 0 Å². The van der Waals surface area contributed by atoms with Crippen molar-refractivity contribution in [2.45, 2.75) is 0 Å². The van der Waals surface area contributed by atoms with E-state index in [0.717, 1.165) is 0 Å². The lowest BCUT2D eigenvalue weighted by Crippen LogP contribution is -1.91. The van der Waals surface area contributed by atoms with Crippen molar-refractivity contribution in [3.05, 3.63) is 41.4 Å². The molecular formula is C10H10ClNO4. The molecule has 0 unspecified atom stereocenters. The number of carboxylic acids is 2. The van der Waals surface area contributed by atoms with Crippen LogP contribution in [0.4, 0.5) is 5.69 Å². The van der Waals surface area contributed by atoms with Crippen LogP contribution in [0.3, 0.4) is 0 Å². The highest BCUT2D eigenvalue weighted by atomic mass is 35.5. The first-order chi connectivity index (χ1) is 7.43. The molecule has 4 N–H and O–H groups in total. The van der Waals surface area contributed by atoms with Crippen LogP contribution in [0.1, 0.15) is 0 Å². The maximum absolute atomic E-state index is 9.55. The molecule has 0 saturated carbocycles. The zero-order valence-electron chi connectivity index (χ0n) is 8.13. The van der Waals surface area contributed by atoms with Crippen molar-refractivity contribution in [2.75, 3.05) is 5.73 Å². The molecule has 0 fully saturated rings. The maximum atomic E-state index is 9.55. The number of hydrogen-bond acceptors (Lipinski definition) is 3. The van der Waals surface area contributed by atoms with Crippen LogP contribution in [0.5, 0.6) is 0 Å². The number of carbonyl (C=O) groups is 2. The second-order valence-electron chi connectivity index (χ2n) is 2.53. The van der Waals surface area contributed by atoms with Crippen LogP contribution >= 0.6 is 11.6 Å². The fraction of sp³-hybridized carbons (Fsp3) is 0. The number of nitrogens with two attached hydrogens (primary N) is 1. The van der Waals surface area contributed by atoms with Gasteiger partial charge in [-0.2, -0.15) is 0 Å². The van der Waals surface area contributed by atoms with Gasteiger partial charge >= 0.3 is 11.9 Å². The van der Waals surface area contributed by atoms with Crippen LogP contribution in [-0.4, -0.2) is 22.2 Å². The zero-order valence-corrected chi connectivity index (χ0v) is 8.89. The SMILES string of the molecule is Nc1ccccc1Cl.O=C(O)C=CC(=O)O. The molecule has 0 bridgehead atoms. The van der Waals surface area contributed by atoms with Crippen LogP contribution in [0.2, 0.25) is 5.02 Å². The molecule has 1 aromatic rings. The van der Waals surface area contributed by atoms with Crippen molar-refractivity contribution in [3.63, 3.8) is 0 Å². The highest BCUT2D eigenvalue weighted by molar-refractivity contribution is 6.33. The van der Waals surface area contributed by atoms with Crippen molar-refractivity contribution in [1.82, 2.24) is 0 Å². The van der Waals surface area contributed by atoms with Crippen molar-refractivity contribution in [1.29, 1.82) is 0 Å². The molecule has 0 heterocycles. The fourth-order valence-electron chi connectivity index (χ4n) is 0.618. The minimum Gasteiger partial charge on any atom is -0.478 e. The fourth-order valence-corrected chi connectivity index (χ4v) is 0.753. The zero-order chi connectivity index (χ0) is 12.6. The third-order valence-corrected chi connectivity index (χ3v) is 1.62. The van der Waals surface area contributed by atoms with Gasteiger partial charge in [-0.05, 0) is 12.1 Å². The minimum absolute atomic E-state index is 0.558. The molecule has 5 nitrogen and oxygen atoms in total. The molecule has 6 heteroatoms. The summed E-state index contributed by atoms with van der Waals surface area (Å²) in [6.45, 7) is 0. The average Bonchev–Trinajstić information content (AvgIpc) is 2.20. The number of carboxylic acid groups (broad SMARTS) is 2. The molecule has 0 aromatic heterocycles. The minimum atomic E-state index is -1.26. The lowest BCUT2D eigenvalue weighted by molar-refractivity contribution is -0.134. The summed E-state index contributed by atoms with van der Waals surface area (Å²) in [5, 5.41) is 16.2. The van der Waals surface area contributed by atoms with Gasteiger partial charge in [-0.15, -0.1) is 0 Å². The highest BCUT2D eigenvalue weighted by Gasteiger charge is 1.88. The number of rotatable bonds is 2. The Morgan fingerprint density at radius 1 is 1.12 bits per heavy atom. The Hall–Kier alpha value is -2.01. The van der Waals surface area contributed by atoms with Gasteiger partial charge in [-0.1, -0.05) is 23.7 Å². The van der Waals surface area contributed by atoms with E-state index in [2.05, 4.69) is 0 Å². The Morgan fingerprint density at radius 2 is 1.56 bits per heavy atom. The van der Waals surface area contributed by atoms with Gasteiger partial charge in [0.2, 0.25) is 0 Å². The van der Waals surface area contributed by atoms with Gasteiger partial charge in [0.05, 0.1) is 10.7 Å². The van der Waals surface area contributed by atoms with Gasteiger partial charge in [0.15, 0.2) is 0 Å². The molecule has 0 radical (unpaired) electrons. The van der Waals surface area contributed by atoms with Crippen molar-refractivity contribution < 1.29 is 19.8 Å². The summed E-state index contributed by atoms with van der Waals surface area (Å²) < 4.78 is 0. The highest BCUT2D eigenvalue weighted by Crippen LogP contribution is 2.15. The predicted molar refractivity (Wildman–Crippen MR) is 60.3 cm³/mol. The Kier molecular flexibility index (Phi) is 6.39. The van der Waals surface area contributed by atoms with Crippen LogP contribution in [0.15, 0.2) is 36.4 Å². The van der Waals surface area contributed by atoms with Crippen molar-refractivity contribution in [3.8, 4) is 0 Å². The van der Waals surface area contributed by atoms with Crippen LogP contribution in [0, 0.1) is 0 Å². The largest absolute Gasteiger partial charge is 0.478 e. The van der Waals surface area contributed by atoms with Gasteiger partial charge in [0.1, 0.15) is 0 Å². The van der Waals surface area contributed by atoms with Gasteiger partial charge in [-0.3, -0.25) is 0 Å². The molecule has 0 saturated heterocycles. The first kappa shape index (κ1) is 14.0. The van der Waals surface area contributed by atoms with Gasteiger partial charge in [0, 0.05) is 12.2 Å². The van der Waals surface area contributed by atoms with E-state index in [1.54, 1.807) is 12.1 Å². The molecular weight excluding hydrogens is 234 g/mol. The lowest BCUT2D eigenvalue weighted by Gasteiger charge is -1.91. The molecule has 0 atom stereocenters. The molecule has 0 amide bonds. The quantitative estimate of drug-likeness (QED) is 0.541. The summed E-state index contributed by atoms with van der Waals surface area (Å²) in [5.41, 5.74) is 6.02. The number of halogens is 1. The molecule has 0 aliphatic carbocycles. The second-order valence-corrected chi connectivity index (χ2v) is 2.94. The standard InChI is InChI=1S/C6H6ClN.C4H4O4/c7-5-3-1-2-4-6(5)8;5-3(6)1-2-4(7)8/h1-4H,8H2;1-2H,(H,5,6)(H,7,8). The summed E-state index contributed by atoms with van der Waals surface area (Å²) in [6.07, 6.45) is 1.12. The molecule has 0 aliphatic rings. The van der Waals surface area contributed by atoms with Gasteiger partial charge < -0.3 is 15.9 Å². The lowest BCUT2D eigenvalue weighted by atomic mass is 10.3. The smallest absolute Gasteiger partial charge is 0.328 e. The van der Waals surface area contributed by atoms with E-state index in [4.69, 9.17) is 27.5 Å². The molecule has 16 heavy (non-hydrogen) atoms. The van der Waals surface area contributed by atoms with E-state index in [0.29, 0.717) is 22.9 Å². The summed E-state index contributed by atoms with van der Waals surface area (Å²) in [4.78, 5) is 19.1. The van der Waals surface area contributed by atoms with E-state index < -0.39 is 11.9 Å². The first-order valence-electron chi connectivity index (χ1n) is 4.07. The Labute approximate surface area is 96.8 Å². The molecule has 0 aliphatic heterocycles. The number of hydrogen-bond donors (Lipinski definition) is 3. The van der Waals surface area contributed by atoms with E-state index in [-0.39, 0.29) is 0 Å². The first-order valence-corrected chi connectivity index (χ1v) is 4.45. The van der Waals surface area contributed by atoms with Gasteiger partial charge in [0.25, 0.3) is 0 Å². The second kappa shape index (κ2) is 7.30. The number of anilines is 1. The Bertz CT molecular complexity index is 367. The van der Waals surface area contributed by atoms with Gasteiger partial charge in [-0.25, -0.2) is 9.59 Å². The van der Waals surface area contributed by atoms with E-state index in [1.165, 1.54) is 0 Å². The normalized spacial score (nSPS) is 9.31. The molecule has 86 valence electrons. The Balaban J connectivity index is 0.000000281. The number of para-hydroxylation sites is 1. The maximum Gasteiger partial charge on any atom is 0.328 e. The average molecular weight is 244 g/mol. The topological polar surface area (TPSA) is 101 Å². The summed E-state index contributed by atoms with van der Waals surface area (Å²) in [6, 6.07) is 7.22. The number of nitrogen functional groups attached to an aromatic ring is 1. The van der Waals surface area contributed by atoms with E-state index in [9.17, 15) is 9.59 Å². The number of benzene rings is 1. The summed E-state index contributed by atoms with van der Waals surface area (Å²) in [7, 11) is 0. The molecule has 1 rings (SSSR count). The summed E-state index contributed by atoms with van der Waals surface area (Å²) >= 11 is 5.58. The third kappa shape index (κ3) is 7.40. The Morgan fingerprint density at radius 3 is 1.81 bits per heavy atom. The summed E-state index contributed by atoms with van der Waals surface area (Å²) in [5.74, 6) is -2.51. The van der Waals surface area contributed by atoms with E-state index in [1.807, 2.05) is 12.1 Å². The molecule has 0 spiro atoms. The number of aliphatic carboxylic acids is 2.